The quantitative estimate of drug-likeness (QED) is 0.684. The topological polar surface area (TPSA) is 95.3 Å². The highest BCUT2D eigenvalue weighted by Crippen LogP contribution is 2.28. The molecule has 2 N–H and O–H groups in total. The molecule has 1 aromatic heterocycles. The number of H-pyrrole nitrogens is 2. The molecule has 0 unspecified atom stereocenters. The molecular formula is C21H17N3O4. The predicted molar refractivity (Wildman–Crippen MR) is 105 cm³/mol. The van der Waals surface area contributed by atoms with Crippen molar-refractivity contribution in [3.05, 3.63) is 80.6 Å². The van der Waals surface area contributed by atoms with Gasteiger partial charge in [-0.1, -0.05) is 24.3 Å². The zero-order chi connectivity index (χ0) is 19.8. The number of aromatic nitrogens is 2. The number of nitrogens with zero attached hydrogens (tertiary/aromatic N) is 1. The summed E-state index contributed by atoms with van der Waals surface area (Å²) in [6.45, 7) is 0. The second kappa shape index (κ2) is 6.70. The smallest absolute Gasteiger partial charge is 0.271 e. The van der Waals surface area contributed by atoms with Gasteiger partial charge in [0.25, 0.3) is 11.5 Å². The number of benzene rings is 2. The SMILES string of the molecule is COc1cccc(/C=c2\c(=O)[nH][nH]\c2=C2\C(=O)c3ccccc3N(C)C2=O)c1. The fourth-order valence-electron chi connectivity index (χ4n) is 3.29. The van der Waals surface area contributed by atoms with Crippen LogP contribution < -0.4 is 25.8 Å². The number of fused-ring (bicyclic) bond motifs is 1. The minimum Gasteiger partial charge on any atom is -0.497 e. The normalized spacial score (nSPS) is 16.4. The number of amides is 1. The standard InChI is InChI=1S/C21H17N3O4/c1-24-16-9-4-3-8-14(16)19(25)17(21(24)27)18-15(20(26)23-22-18)11-12-6-5-7-13(10-12)28-2/h3-11,22H,1-2H3,(H,23,26)/b15-11-,18-17-. The van der Waals surface area contributed by atoms with Crippen LogP contribution in [0.25, 0.3) is 11.6 Å². The summed E-state index contributed by atoms with van der Waals surface area (Å²) in [5.74, 6) is -0.262. The van der Waals surface area contributed by atoms with Gasteiger partial charge in [-0.15, -0.1) is 0 Å². The van der Waals surface area contributed by atoms with Crippen molar-refractivity contribution in [1.29, 1.82) is 0 Å². The van der Waals surface area contributed by atoms with Gasteiger partial charge in [-0.25, -0.2) is 0 Å². The van der Waals surface area contributed by atoms with Gasteiger partial charge in [-0.05, 0) is 35.9 Å². The first-order valence-corrected chi connectivity index (χ1v) is 8.60. The van der Waals surface area contributed by atoms with Gasteiger partial charge in [0.2, 0.25) is 5.78 Å². The minimum atomic E-state index is -0.473. The number of hydrogen-bond donors (Lipinski definition) is 2. The van der Waals surface area contributed by atoms with Gasteiger partial charge in [0, 0.05) is 12.6 Å². The summed E-state index contributed by atoms with van der Waals surface area (Å²) < 4.78 is 5.20. The van der Waals surface area contributed by atoms with E-state index in [4.69, 9.17) is 4.74 Å². The Kier molecular flexibility index (Phi) is 4.19. The molecule has 0 spiro atoms. The molecule has 1 aliphatic heterocycles. The largest absolute Gasteiger partial charge is 0.497 e. The molecule has 7 nitrogen and oxygen atoms in total. The van der Waals surface area contributed by atoms with Crippen LogP contribution >= 0.6 is 0 Å². The van der Waals surface area contributed by atoms with E-state index in [1.807, 2.05) is 0 Å². The fraction of sp³-hybridized carbons (Fsp3) is 0.0952. The second-order valence-corrected chi connectivity index (χ2v) is 6.37. The summed E-state index contributed by atoms with van der Waals surface area (Å²) >= 11 is 0. The molecule has 4 rings (SSSR count). The lowest BCUT2D eigenvalue weighted by Gasteiger charge is -2.25. The van der Waals surface area contributed by atoms with E-state index >= 15 is 0 Å². The first kappa shape index (κ1) is 17.5. The van der Waals surface area contributed by atoms with Gasteiger partial charge in [0.15, 0.2) is 0 Å². The van der Waals surface area contributed by atoms with E-state index in [0.29, 0.717) is 22.6 Å². The van der Waals surface area contributed by atoms with Gasteiger partial charge in [0.1, 0.15) is 11.3 Å². The average Bonchev–Trinajstić information content (AvgIpc) is 3.07. The monoisotopic (exact) mass is 375 g/mol. The number of hydrogen-bond acceptors (Lipinski definition) is 4. The first-order valence-electron chi connectivity index (χ1n) is 8.60. The van der Waals surface area contributed by atoms with Crippen LogP contribution in [-0.4, -0.2) is 36.0 Å². The van der Waals surface area contributed by atoms with Crippen LogP contribution in [0.3, 0.4) is 0 Å². The molecule has 7 heteroatoms. The summed E-state index contributed by atoms with van der Waals surface area (Å²) in [5.41, 5.74) is 1.16. The Balaban J connectivity index is 2.02. The van der Waals surface area contributed by atoms with Crippen molar-refractivity contribution in [2.24, 2.45) is 0 Å². The van der Waals surface area contributed by atoms with Crippen LogP contribution in [0.1, 0.15) is 15.9 Å². The van der Waals surface area contributed by atoms with Crippen LogP contribution in [0.5, 0.6) is 5.75 Å². The fourth-order valence-corrected chi connectivity index (χ4v) is 3.29. The number of carbonyl (C=O) groups is 2. The van der Waals surface area contributed by atoms with Gasteiger partial charge in [-0.3, -0.25) is 24.6 Å². The Morgan fingerprint density at radius 2 is 1.79 bits per heavy atom. The van der Waals surface area contributed by atoms with E-state index in [2.05, 4.69) is 10.2 Å². The van der Waals surface area contributed by atoms with E-state index in [1.165, 1.54) is 4.90 Å². The maximum Gasteiger partial charge on any atom is 0.271 e. The van der Waals surface area contributed by atoms with Crippen molar-refractivity contribution in [1.82, 2.24) is 10.2 Å². The van der Waals surface area contributed by atoms with Crippen molar-refractivity contribution in [2.45, 2.75) is 0 Å². The highest BCUT2D eigenvalue weighted by Gasteiger charge is 2.33. The van der Waals surface area contributed by atoms with Crippen molar-refractivity contribution >= 4 is 29.0 Å². The number of carbonyl (C=O) groups excluding carboxylic acids is 2. The summed E-state index contributed by atoms with van der Waals surface area (Å²) in [7, 11) is 3.15. The molecule has 0 atom stereocenters. The molecule has 28 heavy (non-hydrogen) atoms. The molecule has 0 fully saturated rings. The molecule has 1 aliphatic rings. The third kappa shape index (κ3) is 2.73. The number of ketones is 1. The highest BCUT2D eigenvalue weighted by atomic mass is 16.5. The molecule has 0 saturated heterocycles. The van der Waals surface area contributed by atoms with Crippen LogP contribution in [0.15, 0.2) is 53.3 Å². The first-order chi connectivity index (χ1) is 13.5. The number of Topliss-reactive ketones (excluding diaryl/α,β-unsaturated/α-hetero) is 1. The van der Waals surface area contributed by atoms with Gasteiger partial charge < -0.3 is 9.64 Å². The molecule has 140 valence electrons. The zero-order valence-electron chi connectivity index (χ0n) is 15.3. The molecule has 2 heterocycles. The number of aromatic amines is 2. The van der Waals surface area contributed by atoms with Crippen LogP contribution in [0, 0.1) is 0 Å². The second-order valence-electron chi connectivity index (χ2n) is 6.37. The Labute approximate surface area is 159 Å². The molecule has 2 aromatic carbocycles. The maximum absolute atomic E-state index is 13.0. The number of anilines is 1. The van der Waals surface area contributed by atoms with Gasteiger partial charge in [-0.2, -0.15) is 0 Å². The third-order valence-corrected chi connectivity index (χ3v) is 4.73. The summed E-state index contributed by atoms with van der Waals surface area (Å²) in [4.78, 5) is 39.7. The maximum atomic E-state index is 13.0. The molecule has 0 radical (unpaired) electrons. The summed E-state index contributed by atoms with van der Waals surface area (Å²) in [5, 5.41) is 5.55. The van der Waals surface area contributed by atoms with E-state index in [1.54, 1.807) is 68.8 Å². The van der Waals surface area contributed by atoms with E-state index in [-0.39, 0.29) is 16.1 Å². The van der Waals surface area contributed by atoms with Crippen LogP contribution in [-0.2, 0) is 4.79 Å². The molecule has 0 saturated carbocycles. The predicted octanol–water partition coefficient (Wildman–Crippen LogP) is 0.550. The Hall–Kier alpha value is -3.87. The Morgan fingerprint density at radius 3 is 2.57 bits per heavy atom. The van der Waals surface area contributed by atoms with Gasteiger partial charge >= 0.3 is 0 Å². The van der Waals surface area contributed by atoms with Crippen molar-refractivity contribution < 1.29 is 14.3 Å². The Bertz CT molecular complexity index is 1280. The van der Waals surface area contributed by atoms with Gasteiger partial charge in [0.05, 0.1) is 23.4 Å². The number of para-hydroxylation sites is 1. The number of nitrogens with one attached hydrogen (secondary N) is 2. The third-order valence-electron chi connectivity index (χ3n) is 4.73. The van der Waals surface area contributed by atoms with Crippen LogP contribution in [0.2, 0.25) is 0 Å². The summed E-state index contributed by atoms with van der Waals surface area (Å²) in [6, 6.07) is 14.0. The highest BCUT2D eigenvalue weighted by molar-refractivity contribution is 6.51. The van der Waals surface area contributed by atoms with E-state index < -0.39 is 17.2 Å². The minimum absolute atomic E-state index is 0.0753. The number of ether oxygens (including phenoxy) is 1. The van der Waals surface area contributed by atoms with E-state index in [0.717, 1.165) is 0 Å². The van der Waals surface area contributed by atoms with E-state index in [9.17, 15) is 14.4 Å². The summed E-state index contributed by atoms with van der Waals surface area (Å²) in [6.07, 6.45) is 1.61. The average molecular weight is 375 g/mol. The molecule has 0 bridgehead atoms. The van der Waals surface area contributed by atoms with Crippen molar-refractivity contribution in [3.63, 3.8) is 0 Å². The van der Waals surface area contributed by atoms with Crippen molar-refractivity contribution in [2.75, 3.05) is 19.1 Å². The number of rotatable bonds is 2. The molecular weight excluding hydrogens is 358 g/mol. The zero-order valence-corrected chi connectivity index (χ0v) is 15.3. The number of methoxy groups -OCH3 is 1. The lowest BCUT2D eigenvalue weighted by molar-refractivity contribution is -0.113. The van der Waals surface area contributed by atoms with Crippen LogP contribution in [0.4, 0.5) is 5.69 Å². The lowest BCUT2D eigenvalue weighted by atomic mass is 9.95. The van der Waals surface area contributed by atoms with Crippen molar-refractivity contribution in [3.8, 4) is 5.75 Å². The molecule has 1 amide bonds. The lowest BCUT2D eigenvalue weighted by Crippen LogP contribution is -2.44. The molecule has 3 aromatic rings. The Morgan fingerprint density at radius 1 is 1.00 bits per heavy atom. The molecule has 0 aliphatic carbocycles.